The van der Waals surface area contributed by atoms with E-state index in [9.17, 15) is 4.79 Å². The van der Waals surface area contributed by atoms with Gasteiger partial charge >= 0.3 is 0 Å². The second-order valence-electron chi connectivity index (χ2n) is 2.83. The number of aromatic amines is 1. The first kappa shape index (κ1) is 9.02. The predicted molar refractivity (Wildman–Crippen MR) is 52.3 cm³/mol. The Labute approximate surface area is 84.6 Å². The van der Waals surface area contributed by atoms with E-state index in [-0.39, 0.29) is 10.8 Å². The summed E-state index contributed by atoms with van der Waals surface area (Å²) < 4.78 is 5.29. The van der Waals surface area contributed by atoms with Crippen molar-refractivity contribution in [2.75, 3.05) is 0 Å². The van der Waals surface area contributed by atoms with E-state index in [1.165, 1.54) is 6.20 Å². The van der Waals surface area contributed by atoms with Crippen molar-refractivity contribution >= 4 is 11.6 Å². The number of H-pyrrole nitrogens is 1. The summed E-state index contributed by atoms with van der Waals surface area (Å²) in [7, 11) is 0. The molecule has 14 heavy (non-hydrogen) atoms. The summed E-state index contributed by atoms with van der Waals surface area (Å²) in [6.07, 6.45) is 1.39. The summed E-state index contributed by atoms with van der Waals surface area (Å²) in [6, 6.07) is 3.50. The van der Waals surface area contributed by atoms with Crippen molar-refractivity contribution in [2.24, 2.45) is 0 Å². The number of nitrogens with one attached hydrogen (secondary N) is 1. The third kappa shape index (κ3) is 1.56. The highest BCUT2D eigenvalue weighted by Gasteiger charge is 2.07. The fraction of sp³-hybridized carbons (Fsp3) is 0.111. The van der Waals surface area contributed by atoms with Gasteiger partial charge in [-0.2, -0.15) is 0 Å². The van der Waals surface area contributed by atoms with Crippen molar-refractivity contribution in [1.82, 2.24) is 9.97 Å². The number of hydrogen-bond acceptors (Lipinski definition) is 3. The number of rotatable bonds is 1. The zero-order chi connectivity index (χ0) is 10.1. The Bertz CT molecular complexity index is 516. The lowest BCUT2D eigenvalue weighted by molar-refractivity contribution is 0.547. The van der Waals surface area contributed by atoms with Crippen LogP contribution in [0.15, 0.2) is 27.5 Å². The van der Waals surface area contributed by atoms with E-state index in [0.29, 0.717) is 11.3 Å². The molecule has 0 spiro atoms. The Balaban J connectivity index is 2.57. The van der Waals surface area contributed by atoms with Gasteiger partial charge in [0.2, 0.25) is 5.28 Å². The molecule has 0 radical (unpaired) electrons. The molecule has 0 amide bonds. The quantitative estimate of drug-likeness (QED) is 0.733. The van der Waals surface area contributed by atoms with E-state index >= 15 is 0 Å². The third-order valence-electron chi connectivity index (χ3n) is 1.77. The maximum atomic E-state index is 11.4. The smallest absolute Gasteiger partial charge is 0.262 e. The zero-order valence-corrected chi connectivity index (χ0v) is 8.13. The van der Waals surface area contributed by atoms with Crippen molar-refractivity contribution < 1.29 is 4.42 Å². The molecule has 2 aromatic heterocycles. The number of hydrogen-bond donors (Lipinski definition) is 1. The molecule has 2 rings (SSSR count). The lowest BCUT2D eigenvalue weighted by Crippen LogP contribution is -2.09. The van der Waals surface area contributed by atoms with Gasteiger partial charge in [-0.1, -0.05) is 0 Å². The van der Waals surface area contributed by atoms with Gasteiger partial charge in [0.05, 0.1) is 0 Å². The van der Waals surface area contributed by atoms with Crippen LogP contribution in [-0.4, -0.2) is 9.97 Å². The highest BCUT2D eigenvalue weighted by atomic mass is 35.5. The number of halogens is 1. The van der Waals surface area contributed by atoms with E-state index in [1.807, 2.05) is 0 Å². The molecule has 0 fully saturated rings. The summed E-state index contributed by atoms with van der Waals surface area (Å²) in [4.78, 5) is 17.6. The normalized spacial score (nSPS) is 10.4. The van der Waals surface area contributed by atoms with Crippen LogP contribution in [0.25, 0.3) is 11.3 Å². The molecule has 0 aromatic carbocycles. The molecule has 0 aliphatic rings. The second kappa shape index (κ2) is 3.31. The van der Waals surface area contributed by atoms with Gasteiger partial charge in [-0.15, -0.1) is 0 Å². The largest absolute Gasteiger partial charge is 0.461 e. The van der Waals surface area contributed by atoms with Crippen molar-refractivity contribution in [3.05, 3.63) is 39.7 Å². The minimum atomic E-state index is -0.306. The van der Waals surface area contributed by atoms with Gasteiger partial charge in [0, 0.05) is 6.20 Å². The standard InChI is InChI=1S/C9H7ClN2O2/c1-5-2-3-7(14-5)6-4-11-9(10)12-8(6)13/h2-4H,1H3,(H,11,12,13). The first-order valence-electron chi connectivity index (χ1n) is 3.98. The summed E-state index contributed by atoms with van der Waals surface area (Å²) in [6.45, 7) is 1.81. The SMILES string of the molecule is Cc1ccc(-c2cnc(Cl)[nH]c2=O)o1. The predicted octanol–water partition coefficient (Wildman–Crippen LogP) is 1.99. The van der Waals surface area contributed by atoms with Crippen molar-refractivity contribution in [1.29, 1.82) is 0 Å². The van der Waals surface area contributed by atoms with E-state index in [2.05, 4.69) is 9.97 Å². The van der Waals surface area contributed by atoms with Crippen LogP contribution in [0.4, 0.5) is 0 Å². The van der Waals surface area contributed by atoms with Gasteiger partial charge in [-0.05, 0) is 30.7 Å². The highest BCUT2D eigenvalue weighted by molar-refractivity contribution is 6.28. The van der Waals surface area contributed by atoms with Gasteiger partial charge < -0.3 is 4.42 Å². The van der Waals surface area contributed by atoms with E-state index in [4.69, 9.17) is 16.0 Å². The van der Waals surface area contributed by atoms with Crippen LogP contribution in [0.2, 0.25) is 5.28 Å². The highest BCUT2D eigenvalue weighted by Crippen LogP contribution is 2.17. The number of aryl methyl sites for hydroxylation is 1. The van der Waals surface area contributed by atoms with Gasteiger partial charge in [-0.3, -0.25) is 9.78 Å². The lowest BCUT2D eigenvalue weighted by atomic mass is 10.2. The van der Waals surface area contributed by atoms with Crippen LogP contribution in [0.1, 0.15) is 5.76 Å². The molecule has 5 heteroatoms. The molecule has 1 N–H and O–H groups in total. The van der Waals surface area contributed by atoms with Crippen LogP contribution >= 0.6 is 11.6 Å². The minimum Gasteiger partial charge on any atom is -0.461 e. The summed E-state index contributed by atoms with van der Waals surface area (Å²) in [5.41, 5.74) is 0.0712. The first-order valence-corrected chi connectivity index (χ1v) is 4.36. The Morgan fingerprint density at radius 3 is 2.86 bits per heavy atom. The summed E-state index contributed by atoms with van der Waals surface area (Å²) in [5.74, 6) is 1.24. The molecule has 72 valence electrons. The molecule has 0 bridgehead atoms. The van der Waals surface area contributed by atoms with Gasteiger partial charge in [0.1, 0.15) is 17.1 Å². The number of furan rings is 1. The molecule has 0 aliphatic heterocycles. The molecule has 0 aliphatic carbocycles. The zero-order valence-electron chi connectivity index (χ0n) is 7.37. The molecule has 2 aromatic rings. The minimum absolute atomic E-state index is 0.0713. The van der Waals surface area contributed by atoms with Crippen LogP contribution in [0.5, 0.6) is 0 Å². The average Bonchev–Trinajstić information content (AvgIpc) is 2.51. The Hall–Kier alpha value is -1.55. The molecule has 2 heterocycles. The molecule has 4 nitrogen and oxygen atoms in total. The van der Waals surface area contributed by atoms with Crippen LogP contribution in [-0.2, 0) is 0 Å². The molecule has 0 saturated carbocycles. The third-order valence-corrected chi connectivity index (χ3v) is 1.97. The lowest BCUT2D eigenvalue weighted by Gasteiger charge is -1.94. The van der Waals surface area contributed by atoms with Gasteiger partial charge in [-0.25, -0.2) is 4.98 Å². The van der Waals surface area contributed by atoms with Crippen molar-refractivity contribution in [3.63, 3.8) is 0 Å². The summed E-state index contributed by atoms with van der Waals surface area (Å²) in [5, 5.41) is 0.0713. The average molecular weight is 211 g/mol. The van der Waals surface area contributed by atoms with Crippen LogP contribution < -0.4 is 5.56 Å². The number of nitrogens with zero attached hydrogens (tertiary/aromatic N) is 1. The Morgan fingerprint density at radius 1 is 1.50 bits per heavy atom. The van der Waals surface area contributed by atoms with E-state index in [1.54, 1.807) is 19.1 Å². The molecular formula is C9H7ClN2O2. The molecular weight excluding hydrogens is 204 g/mol. The van der Waals surface area contributed by atoms with E-state index in [0.717, 1.165) is 5.76 Å². The molecule has 0 saturated heterocycles. The van der Waals surface area contributed by atoms with E-state index < -0.39 is 0 Å². The molecule has 0 atom stereocenters. The first-order chi connectivity index (χ1) is 6.66. The fourth-order valence-corrected chi connectivity index (χ4v) is 1.26. The van der Waals surface area contributed by atoms with Crippen molar-refractivity contribution in [2.45, 2.75) is 6.92 Å². The fourth-order valence-electron chi connectivity index (χ4n) is 1.13. The van der Waals surface area contributed by atoms with Crippen molar-refractivity contribution in [3.8, 4) is 11.3 Å². The number of aromatic nitrogens is 2. The van der Waals surface area contributed by atoms with Crippen LogP contribution in [0, 0.1) is 6.92 Å². The monoisotopic (exact) mass is 210 g/mol. The maximum Gasteiger partial charge on any atom is 0.262 e. The Kier molecular flexibility index (Phi) is 2.13. The second-order valence-corrected chi connectivity index (χ2v) is 3.19. The van der Waals surface area contributed by atoms with Gasteiger partial charge in [0.15, 0.2) is 0 Å². The Morgan fingerprint density at radius 2 is 2.29 bits per heavy atom. The summed E-state index contributed by atoms with van der Waals surface area (Å²) >= 11 is 5.51. The van der Waals surface area contributed by atoms with Gasteiger partial charge in [0.25, 0.3) is 5.56 Å². The maximum absolute atomic E-state index is 11.4. The van der Waals surface area contributed by atoms with Crippen LogP contribution in [0.3, 0.4) is 0 Å². The molecule has 0 unspecified atom stereocenters. The topological polar surface area (TPSA) is 58.9 Å².